The Bertz CT molecular complexity index is 1440. The molecule has 0 heterocycles. The number of allylic oxidation sites excluding steroid dienone is 20. The van der Waals surface area contributed by atoms with Crippen molar-refractivity contribution in [3.63, 3.8) is 0 Å². The van der Waals surface area contributed by atoms with E-state index in [-0.39, 0.29) is 32.6 Å². The standard InChI is InChI=1S/C53H86NO8P/c1-3-5-7-9-11-13-15-17-19-21-22-23-24-25-26-27-28-30-32-34-36-38-40-42-44-46-53(56)62-51(50-61-63(57,58)60-48-47-54)49-59-52(55)45-43-41-39-37-35-33-31-29-20-18-16-14-12-10-8-6-4-2/h5-8,11-14,17-20,22-23,25-26,28,30-31,33,51H,3-4,9-10,15-16,21,24,27,29,32,34-50,54H2,1-2H3,(H,57,58)/b7-5-,8-6-,13-11-,14-12-,19-17-,20-18-,23-22-,26-25-,30-28-,33-31-. The van der Waals surface area contributed by atoms with Crippen molar-refractivity contribution in [1.82, 2.24) is 0 Å². The number of phosphoric ester groups is 1. The van der Waals surface area contributed by atoms with Gasteiger partial charge in [0.05, 0.1) is 13.2 Å². The molecule has 63 heavy (non-hydrogen) atoms. The average molecular weight is 896 g/mol. The van der Waals surface area contributed by atoms with Gasteiger partial charge in [0.1, 0.15) is 6.61 Å². The van der Waals surface area contributed by atoms with Crippen LogP contribution in [0.1, 0.15) is 168 Å². The van der Waals surface area contributed by atoms with Gasteiger partial charge in [0.15, 0.2) is 6.10 Å². The second-order valence-corrected chi connectivity index (χ2v) is 16.7. The molecule has 3 N–H and O–H groups in total. The van der Waals surface area contributed by atoms with Crippen LogP contribution in [0.25, 0.3) is 0 Å². The second kappa shape index (κ2) is 47.9. The molecule has 0 aromatic carbocycles. The molecular formula is C53H86NO8P. The molecule has 356 valence electrons. The number of carbonyl (C=O) groups is 2. The van der Waals surface area contributed by atoms with Gasteiger partial charge in [-0.3, -0.25) is 18.6 Å². The van der Waals surface area contributed by atoms with Gasteiger partial charge in [-0.25, -0.2) is 4.57 Å². The summed E-state index contributed by atoms with van der Waals surface area (Å²) in [6.07, 6.45) is 65.1. The van der Waals surface area contributed by atoms with Gasteiger partial charge in [0.25, 0.3) is 0 Å². The average Bonchev–Trinajstić information content (AvgIpc) is 3.27. The maximum atomic E-state index is 12.6. The Balaban J connectivity index is 4.20. The summed E-state index contributed by atoms with van der Waals surface area (Å²) in [5.41, 5.74) is 5.36. The van der Waals surface area contributed by atoms with Gasteiger partial charge >= 0.3 is 19.8 Å². The summed E-state index contributed by atoms with van der Waals surface area (Å²) >= 11 is 0. The van der Waals surface area contributed by atoms with Crippen LogP contribution in [0.15, 0.2) is 122 Å². The van der Waals surface area contributed by atoms with Gasteiger partial charge < -0.3 is 20.1 Å². The third-order valence-electron chi connectivity index (χ3n) is 9.34. The molecule has 0 saturated carbocycles. The van der Waals surface area contributed by atoms with Crippen LogP contribution in [0, 0.1) is 0 Å². The SMILES string of the molecule is CC/C=C\C/C=C\C/C=C\C/C=C\C/C=C\C/C=C\CCCCCCCCC(=O)OC(COC(=O)CCCCCC/C=C\C/C=C\C/C=C\C/C=C\CC)COP(=O)(O)OCCN. The molecule has 0 rings (SSSR count). The van der Waals surface area contributed by atoms with E-state index in [1.54, 1.807) is 0 Å². The molecule has 0 saturated heterocycles. The first-order valence-electron chi connectivity index (χ1n) is 24.0. The van der Waals surface area contributed by atoms with Crippen molar-refractivity contribution < 1.29 is 37.6 Å². The third-order valence-corrected chi connectivity index (χ3v) is 10.3. The molecule has 0 aromatic heterocycles. The summed E-state index contributed by atoms with van der Waals surface area (Å²) in [4.78, 5) is 35.0. The van der Waals surface area contributed by atoms with Gasteiger partial charge in [-0.15, -0.1) is 0 Å². The van der Waals surface area contributed by atoms with Crippen LogP contribution in [-0.4, -0.2) is 49.3 Å². The molecule has 0 aliphatic rings. The van der Waals surface area contributed by atoms with Crippen LogP contribution < -0.4 is 5.73 Å². The zero-order chi connectivity index (χ0) is 46.0. The Morgan fingerprint density at radius 2 is 0.825 bits per heavy atom. The molecule has 0 radical (unpaired) electrons. The minimum atomic E-state index is -4.40. The summed E-state index contributed by atoms with van der Waals surface area (Å²) in [7, 11) is -4.40. The first-order valence-corrected chi connectivity index (χ1v) is 25.5. The van der Waals surface area contributed by atoms with E-state index in [9.17, 15) is 19.0 Å². The van der Waals surface area contributed by atoms with E-state index in [2.05, 4.69) is 135 Å². The van der Waals surface area contributed by atoms with E-state index in [1.165, 1.54) is 0 Å². The molecule has 0 spiro atoms. The highest BCUT2D eigenvalue weighted by molar-refractivity contribution is 7.47. The molecule has 0 aromatic rings. The third kappa shape index (κ3) is 47.7. The van der Waals surface area contributed by atoms with Gasteiger partial charge in [-0.2, -0.15) is 0 Å². The van der Waals surface area contributed by atoms with Crippen molar-refractivity contribution in [2.24, 2.45) is 5.73 Å². The zero-order valence-electron chi connectivity index (χ0n) is 39.3. The van der Waals surface area contributed by atoms with Crippen LogP contribution in [0.3, 0.4) is 0 Å². The Morgan fingerprint density at radius 3 is 1.22 bits per heavy atom. The van der Waals surface area contributed by atoms with E-state index in [4.69, 9.17) is 24.3 Å². The summed E-state index contributed by atoms with van der Waals surface area (Å²) in [5.74, 6) is -0.886. The van der Waals surface area contributed by atoms with Crippen molar-refractivity contribution in [2.75, 3.05) is 26.4 Å². The number of nitrogens with two attached hydrogens (primary N) is 1. The topological polar surface area (TPSA) is 134 Å². The summed E-state index contributed by atoms with van der Waals surface area (Å²) in [6.45, 7) is 3.43. The highest BCUT2D eigenvalue weighted by atomic mass is 31.2. The number of rotatable bonds is 43. The van der Waals surface area contributed by atoms with Crippen molar-refractivity contribution >= 4 is 19.8 Å². The minimum absolute atomic E-state index is 0.0395. The lowest BCUT2D eigenvalue weighted by molar-refractivity contribution is -0.161. The molecule has 0 fully saturated rings. The lowest BCUT2D eigenvalue weighted by atomic mass is 10.1. The van der Waals surface area contributed by atoms with E-state index in [0.717, 1.165) is 128 Å². The van der Waals surface area contributed by atoms with Gasteiger partial charge in [-0.05, 0) is 103 Å². The fourth-order valence-corrected chi connectivity index (χ4v) is 6.63. The molecule has 0 aliphatic heterocycles. The smallest absolute Gasteiger partial charge is 0.462 e. The van der Waals surface area contributed by atoms with Crippen LogP contribution in [-0.2, 0) is 32.7 Å². The predicted molar refractivity (Wildman–Crippen MR) is 265 cm³/mol. The zero-order valence-corrected chi connectivity index (χ0v) is 40.1. The molecule has 10 heteroatoms. The number of phosphoric acid groups is 1. The monoisotopic (exact) mass is 896 g/mol. The highest BCUT2D eigenvalue weighted by Gasteiger charge is 2.26. The first kappa shape index (κ1) is 59.4. The van der Waals surface area contributed by atoms with Crippen LogP contribution >= 0.6 is 7.82 Å². The van der Waals surface area contributed by atoms with Gasteiger partial charge in [0, 0.05) is 19.4 Å². The number of hydrogen-bond acceptors (Lipinski definition) is 8. The Morgan fingerprint density at radius 1 is 0.476 bits per heavy atom. The molecule has 0 aliphatic carbocycles. The number of esters is 2. The first-order chi connectivity index (χ1) is 30.8. The number of unbranched alkanes of at least 4 members (excludes halogenated alkanes) is 10. The van der Waals surface area contributed by atoms with E-state index < -0.39 is 32.5 Å². The van der Waals surface area contributed by atoms with Crippen LogP contribution in [0.2, 0.25) is 0 Å². The molecule has 0 bridgehead atoms. The van der Waals surface area contributed by atoms with E-state index >= 15 is 0 Å². The molecule has 2 unspecified atom stereocenters. The van der Waals surface area contributed by atoms with E-state index in [0.29, 0.717) is 12.8 Å². The van der Waals surface area contributed by atoms with Crippen molar-refractivity contribution in [2.45, 2.75) is 174 Å². The highest BCUT2D eigenvalue weighted by Crippen LogP contribution is 2.43. The quantitative estimate of drug-likeness (QED) is 0.0265. The molecule has 0 amide bonds. The molecule has 2 atom stereocenters. The maximum Gasteiger partial charge on any atom is 0.472 e. The van der Waals surface area contributed by atoms with Crippen LogP contribution in [0.5, 0.6) is 0 Å². The summed E-state index contributed by atoms with van der Waals surface area (Å²) in [5, 5.41) is 0. The largest absolute Gasteiger partial charge is 0.472 e. The van der Waals surface area contributed by atoms with Crippen LogP contribution in [0.4, 0.5) is 0 Å². The normalized spacial score (nSPS) is 14.3. The minimum Gasteiger partial charge on any atom is -0.462 e. The van der Waals surface area contributed by atoms with Gasteiger partial charge in [-0.1, -0.05) is 174 Å². The Kier molecular flexibility index (Phi) is 45.2. The fourth-order valence-electron chi connectivity index (χ4n) is 5.86. The maximum absolute atomic E-state index is 12.6. The predicted octanol–water partition coefficient (Wildman–Crippen LogP) is 14.5. The summed E-state index contributed by atoms with van der Waals surface area (Å²) in [6, 6.07) is 0. The lowest BCUT2D eigenvalue weighted by Crippen LogP contribution is -2.29. The van der Waals surface area contributed by atoms with Gasteiger partial charge in [0.2, 0.25) is 0 Å². The Labute approximate surface area is 383 Å². The van der Waals surface area contributed by atoms with Crippen molar-refractivity contribution in [1.29, 1.82) is 0 Å². The Hall–Kier alpha value is -3.59. The molecule has 9 nitrogen and oxygen atoms in total. The number of ether oxygens (including phenoxy) is 2. The lowest BCUT2D eigenvalue weighted by Gasteiger charge is -2.19. The second-order valence-electron chi connectivity index (χ2n) is 15.2. The molecular weight excluding hydrogens is 810 g/mol. The fraction of sp³-hybridized carbons (Fsp3) is 0.585. The van der Waals surface area contributed by atoms with Crippen molar-refractivity contribution in [3.8, 4) is 0 Å². The number of hydrogen-bond donors (Lipinski definition) is 2. The van der Waals surface area contributed by atoms with E-state index in [1.807, 2.05) is 0 Å². The number of carbonyl (C=O) groups excluding carboxylic acids is 2. The summed E-state index contributed by atoms with van der Waals surface area (Å²) < 4.78 is 32.8. The van der Waals surface area contributed by atoms with Crippen molar-refractivity contribution in [3.05, 3.63) is 122 Å².